The van der Waals surface area contributed by atoms with Crippen molar-refractivity contribution in [2.75, 3.05) is 50.2 Å². The van der Waals surface area contributed by atoms with E-state index in [1.54, 1.807) is 62.8 Å². The Hall–Kier alpha value is -3.76. The number of carbonyl (C=O) groups excluding carboxylic acids is 4. The molecule has 10 nitrogen and oxygen atoms in total. The van der Waals surface area contributed by atoms with Crippen molar-refractivity contribution in [1.29, 1.82) is 0 Å². The van der Waals surface area contributed by atoms with E-state index in [1.807, 2.05) is 0 Å². The van der Waals surface area contributed by atoms with Gasteiger partial charge in [0.25, 0.3) is 11.8 Å². The van der Waals surface area contributed by atoms with Gasteiger partial charge in [-0.1, -0.05) is 12.1 Å². The van der Waals surface area contributed by atoms with Gasteiger partial charge in [0.2, 0.25) is 11.8 Å². The third-order valence-corrected chi connectivity index (χ3v) is 7.44. The molecular weight excluding hydrogens is 464 g/mol. The van der Waals surface area contributed by atoms with Crippen LogP contribution in [0.4, 0.5) is 11.4 Å². The van der Waals surface area contributed by atoms with Gasteiger partial charge in [-0.3, -0.25) is 19.2 Å². The van der Waals surface area contributed by atoms with Crippen molar-refractivity contribution in [3.8, 4) is 11.5 Å². The second kappa shape index (κ2) is 9.71. The van der Waals surface area contributed by atoms with E-state index in [0.717, 1.165) is 9.80 Å². The van der Waals surface area contributed by atoms with Crippen molar-refractivity contribution in [3.63, 3.8) is 0 Å². The van der Waals surface area contributed by atoms with Crippen molar-refractivity contribution in [2.45, 2.75) is 24.9 Å². The van der Waals surface area contributed by atoms with Crippen LogP contribution in [-0.2, 0) is 19.2 Å². The average Bonchev–Trinajstić information content (AvgIpc) is 3.37. The molecule has 0 saturated carbocycles. The lowest BCUT2D eigenvalue weighted by Gasteiger charge is -2.34. The molecule has 3 saturated heterocycles. The lowest BCUT2D eigenvalue weighted by Crippen LogP contribution is -3.31. The second-order valence-electron chi connectivity index (χ2n) is 9.37. The van der Waals surface area contributed by atoms with E-state index in [9.17, 15) is 19.2 Å². The Morgan fingerprint density at radius 2 is 1.06 bits per heavy atom. The number of piperazine rings is 1. The summed E-state index contributed by atoms with van der Waals surface area (Å²) < 4.78 is 10.5. The van der Waals surface area contributed by atoms with E-state index in [4.69, 9.17) is 9.47 Å². The smallest absolute Gasteiger partial charge is 0.292 e. The standard InChI is InChI=1S/C26H28N4O6/c1-35-19-7-3-5-17(13-19)29-23(31)15-21(25(29)33)27-9-11-28(12-10-27)22-16-24(32)30(26(22)34)18-6-4-8-20(14-18)36-2/h3-8,13-14,21-22H,9-12,15-16H2,1-2H3/p+2/t21-,22+. The summed E-state index contributed by atoms with van der Waals surface area (Å²) in [5.41, 5.74) is 1.03. The van der Waals surface area contributed by atoms with Crippen LogP contribution in [0.1, 0.15) is 12.8 Å². The Bertz CT molecular complexity index is 1110. The lowest BCUT2D eigenvalue weighted by atomic mass is 10.1. The van der Waals surface area contributed by atoms with Gasteiger partial charge >= 0.3 is 0 Å². The minimum Gasteiger partial charge on any atom is -0.497 e. The lowest BCUT2D eigenvalue weighted by molar-refractivity contribution is -1.02. The van der Waals surface area contributed by atoms with Gasteiger partial charge in [0.15, 0.2) is 12.1 Å². The minimum atomic E-state index is -0.445. The van der Waals surface area contributed by atoms with E-state index in [0.29, 0.717) is 49.1 Å². The van der Waals surface area contributed by atoms with Crippen molar-refractivity contribution in [3.05, 3.63) is 48.5 Å². The highest BCUT2D eigenvalue weighted by atomic mass is 16.5. The van der Waals surface area contributed by atoms with Crippen LogP contribution in [0.15, 0.2) is 48.5 Å². The van der Waals surface area contributed by atoms with Crippen molar-refractivity contribution in [1.82, 2.24) is 0 Å². The predicted octanol–water partition coefficient (Wildman–Crippen LogP) is -1.55. The van der Waals surface area contributed by atoms with Gasteiger partial charge in [0.05, 0.1) is 38.4 Å². The molecule has 3 aliphatic heterocycles. The molecule has 3 aliphatic rings. The SMILES string of the molecule is COc1cccc(N2C(=O)C[C@@H]([NH+]3CC[NH+]([C@H]4CC(=O)N(c5cccc(OC)c5)C4=O)CC3)C2=O)c1. The number of quaternary nitrogens is 2. The first-order valence-electron chi connectivity index (χ1n) is 12.1. The van der Waals surface area contributed by atoms with E-state index < -0.39 is 12.1 Å². The molecule has 0 radical (unpaired) electrons. The third-order valence-electron chi connectivity index (χ3n) is 7.44. The second-order valence-corrected chi connectivity index (χ2v) is 9.37. The number of rotatable bonds is 6. The molecule has 5 rings (SSSR count). The molecule has 188 valence electrons. The zero-order valence-electron chi connectivity index (χ0n) is 20.4. The Morgan fingerprint density at radius 1 is 0.667 bits per heavy atom. The summed E-state index contributed by atoms with van der Waals surface area (Å²) in [5.74, 6) is 0.322. The number of benzene rings is 2. The third kappa shape index (κ3) is 4.22. The van der Waals surface area contributed by atoms with Crippen LogP contribution in [0.5, 0.6) is 11.5 Å². The Kier molecular flexibility index (Phi) is 6.46. The van der Waals surface area contributed by atoms with Gasteiger partial charge in [-0.05, 0) is 24.3 Å². The highest BCUT2D eigenvalue weighted by Gasteiger charge is 2.50. The molecule has 2 aromatic carbocycles. The van der Waals surface area contributed by atoms with Crippen molar-refractivity contribution < 1.29 is 38.5 Å². The molecule has 0 spiro atoms. The fraction of sp³-hybridized carbons (Fsp3) is 0.385. The minimum absolute atomic E-state index is 0.158. The first-order valence-corrected chi connectivity index (χ1v) is 12.1. The normalized spacial score (nSPS) is 26.6. The van der Waals surface area contributed by atoms with Gasteiger partial charge in [0, 0.05) is 12.1 Å². The maximum absolute atomic E-state index is 13.2. The van der Waals surface area contributed by atoms with Gasteiger partial charge < -0.3 is 19.3 Å². The molecule has 0 aromatic heterocycles. The molecular formula is C26H30N4O6+2. The summed E-state index contributed by atoms with van der Waals surface area (Å²) in [5, 5.41) is 0. The number of nitrogens with zero attached hydrogens (tertiary/aromatic N) is 2. The first-order chi connectivity index (χ1) is 17.4. The zero-order valence-corrected chi connectivity index (χ0v) is 20.4. The quantitative estimate of drug-likeness (QED) is 0.472. The molecule has 36 heavy (non-hydrogen) atoms. The molecule has 0 bridgehead atoms. The van der Waals surface area contributed by atoms with Crippen LogP contribution in [0.3, 0.4) is 0 Å². The maximum Gasteiger partial charge on any atom is 0.292 e. The molecule has 4 amide bonds. The summed E-state index contributed by atoms with van der Waals surface area (Å²) in [6.07, 6.45) is 0.316. The van der Waals surface area contributed by atoms with E-state index in [-0.39, 0.29) is 36.5 Å². The number of amides is 4. The number of anilines is 2. The highest BCUT2D eigenvalue weighted by molar-refractivity contribution is 6.22. The summed E-state index contributed by atoms with van der Waals surface area (Å²) >= 11 is 0. The number of ether oxygens (including phenoxy) is 2. The van der Waals surface area contributed by atoms with Crippen molar-refractivity contribution >= 4 is 35.0 Å². The number of hydrogen-bond acceptors (Lipinski definition) is 6. The molecule has 3 fully saturated rings. The van der Waals surface area contributed by atoms with Gasteiger partial charge in [-0.25, -0.2) is 9.80 Å². The number of imide groups is 2. The number of methoxy groups -OCH3 is 2. The highest BCUT2D eigenvalue weighted by Crippen LogP contribution is 2.27. The Balaban J connectivity index is 1.23. The van der Waals surface area contributed by atoms with Crippen LogP contribution in [0, 0.1) is 0 Å². The monoisotopic (exact) mass is 494 g/mol. The Morgan fingerprint density at radius 3 is 1.42 bits per heavy atom. The fourth-order valence-corrected chi connectivity index (χ4v) is 5.53. The van der Waals surface area contributed by atoms with Crippen LogP contribution in [0.2, 0.25) is 0 Å². The maximum atomic E-state index is 13.2. The van der Waals surface area contributed by atoms with E-state index in [2.05, 4.69) is 0 Å². The van der Waals surface area contributed by atoms with E-state index in [1.165, 1.54) is 9.80 Å². The molecule has 2 aromatic rings. The first kappa shape index (κ1) is 24.0. The van der Waals surface area contributed by atoms with Crippen LogP contribution in [0.25, 0.3) is 0 Å². The van der Waals surface area contributed by atoms with Gasteiger partial charge in [-0.2, -0.15) is 0 Å². The van der Waals surface area contributed by atoms with Crippen LogP contribution < -0.4 is 29.1 Å². The summed E-state index contributed by atoms with van der Waals surface area (Å²) in [4.78, 5) is 56.6. The molecule has 0 aliphatic carbocycles. The Labute approximate surface area is 208 Å². The van der Waals surface area contributed by atoms with E-state index >= 15 is 0 Å². The molecule has 2 atom stereocenters. The van der Waals surface area contributed by atoms with Crippen LogP contribution in [-0.4, -0.2) is 76.1 Å². The summed E-state index contributed by atoms with van der Waals surface area (Å²) in [6.45, 7) is 2.56. The number of hydrogen-bond donors (Lipinski definition) is 2. The largest absolute Gasteiger partial charge is 0.497 e. The summed E-state index contributed by atoms with van der Waals surface area (Å²) in [6, 6.07) is 13.0. The predicted molar refractivity (Wildman–Crippen MR) is 129 cm³/mol. The fourth-order valence-electron chi connectivity index (χ4n) is 5.53. The number of nitrogens with one attached hydrogen (secondary N) is 2. The summed E-state index contributed by atoms with van der Waals surface area (Å²) in [7, 11) is 3.08. The van der Waals surface area contributed by atoms with Gasteiger partial charge in [-0.15, -0.1) is 0 Å². The van der Waals surface area contributed by atoms with Crippen molar-refractivity contribution in [2.24, 2.45) is 0 Å². The molecule has 10 heteroatoms. The zero-order chi connectivity index (χ0) is 25.4. The molecule has 3 heterocycles. The van der Waals surface area contributed by atoms with Crippen LogP contribution >= 0.6 is 0 Å². The van der Waals surface area contributed by atoms with Gasteiger partial charge in [0.1, 0.15) is 37.7 Å². The topological polar surface area (TPSA) is 102 Å². The number of carbonyl (C=O) groups is 4. The molecule has 0 unspecified atom stereocenters. The molecule has 2 N–H and O–H groups in total. The average molecular weight is 495 g/mol.